The number of carbonyl (C=O) groups is 1. The first-order chi connectivity index (χ1) is 8.36. The molecular weight excluding hydrogens is 228 g/mol. The van der Waals surface area contributed by atoms with Crippen LogP contribution in [-0.4, -0.2) is 22.1 Å². The summed E-state index contributed by atoms with van der Waals surface area (Å²) in [4.78, 5) is 12.5. The smallest absolute Gasteiger partial charge is 0.408 e. The first kappa shape index (κ1) is 14.0. The average molecular weight is 246 g/mol. The lowest BCUT2D eigenvalue weighted by atomic mass is 9.86. The van der Waals surface area contributed by atoms with Crippen molar-refractivity contribution < 1.29 is 9.90 Å². The highest BCUT2D eigenvalue weighted by molar-refractivity contribution is 5.66. The fraction of sp³-hybridized carbons (Fsp3) is 0.429. The van der Waals surface area contributed by atoms with Crippen LogP contribution in [-0.2, 0) is 6.54 Å². The summed E-state index contributed by atoms with van der Waals surface area (Å²) in [6.45, 7) is 5.82. The molecule has 4 heteroatoms. The highest BCUT2D eigenvalue weighted by Crippen LogP contribution is 2.25. The van der Waals surface area contributed by atoms with Crippen molar-refractivity contribution in [3.63, 3.8) is 0 Å². The van der Waals surface area contributed by atoms with Crippen LogP contribution >= 0.6 is 0 Å². The SMILES string of the molecule is CC(C)(C)[C@@H](C#N)N(Cc1ccccc1)C(=O)O. The van der Waals surface area contributed by atoms with Crippen molar-refractivity contribution in [1.82, 2.24) is 4.90 Å². The molecule has 0 saturated carbocycles. The van der Waals surface area contributed by atoms with Crippen LogP contribution < -0.4 is 0 Å². The summed E-state index contributed by atoms with van der Waals surface area (Å²) in [5, 5.41) is 18.5. The minimum atomic E-state index is -1.07. The first-order valence-electron chi connectivity index (χ1n) is 5.79. The van der Waals surface area contributed by atoms with E-state index in [1.54, 1.807) is 0 Å². The van der Waals surface area contributed by atoms with Crippen molar-refractivity contribution in [2.45, 2.75) is 33.4 Å². The van der Waals surface area contributed by atoms with E-state index in [0.29, 0.717) is 0 Å². The van der Waals surface area contributed by atoms with E-state index in [4.69, 9.17) is 0 Å². The number of hydrogen-bond donors (Lipinski definition) is 1. The Morgan fingerprint density at radius 2 is 1.94 bits per heavy atom. The molecule has 1 aromatic carbocycles. The Bertz CT molecular complexity index is 443. The molecule has 1 aromatic rings. The number of nitriles is 1. The van der Waals surface area contributed by atoms with Crippen LogP contribution in [0.4, 0.5) is 4.79 Å². The summed E-state index contributed by atoms with van der Waals surface area (Å²) >= 11 is 0. The Morgan fingerprint density at radius 1 is 1.39 bits per heavy atom. The highest BCUT2D eigenvalue weighted by Gasteiger charge is 2.33. The summed E-state index contributed by atoms with van der Waals surface area (Å²) in [7, 11) is 0. The largest absolute Gasteiger partial charge is 0.465 e. The Kier molecular flexibility index (Phi) is 4.33. The highest BCUT2D eigenvalue weighted by atomic mass is 16.4. The second-order valence-corrected chi connectivity index (χ2v) is 5.29. The molecule has 96 valence electrons. The maximum atomic E-state index is 11.3. The van der Waals surface area contributed by atoms with Crippen molar-refractivity contribution in [3.8, 4) is 6.07 Å². The van der Waals surface area contributed by atoms with Crippen LogP contribution in [0.3, 0.4) is 0 Å². The van der Waals surface area contributed by atoms with Crippen LogP contribution in [0.25, 0.3) is 0 Å². The Labute approximate surface area is 107 Å². The van der Waals surface area contributed by atoms with Crippen molar-refractivity contribution in [2.24, 2.45) is 5.41 Å². The molecule has 0 heterocycles. The molecule has 0 bridgehead atoms. The third-order valence-corrected chi connectivity index (χ3v) is 2.70. The van der Waals surface area contributed by atoms with E-state index in [-0.39, 0.29) is 6.54 Å². The lowest BCUT2D eigenvalue weighted by Crippen LogP contribution is -2.45. The molecule has 4 nitrogen and oxygen atoms in total. The van der Waals surface area contributed by atoms with Crippen molar-refractivity contribution in [2.75, 3.05) is 0 Å². The van der Waals surface area contributed by atoms with Crippen LogP contribution in [0.5, 0.6) is 0 Å². The van der Waals surface area contributed by atoms with Gasteiger partial charge in [0.15, 0.2) is 0 Å². The number of carboxylic acid groups (broad SMARTS) is 1. The summed E-state index contributed by atoms with van der Waals surface area (Å²) in [5.41, 5.74) is 0.464. The quantitative estimate of drug-likeness (QED) is 0.891. The summed E-state index contributed by atoms with van der Waals surface area (Å²) < 4.78 is 0. The van der Waals surface area contributed by atoms with E-state index in [9.17, 15) is 15.2 Å². The van der Waals surface area contributed by atoms with Crippen LogP contribution in [0.1, 0.15) is 26.3 Å². The maximum Gasteiger partial charge on any atom is 0.408 e. The summed E-state index contributed by atoms with van der Waals surface area (Å²) in [5.74, 6) is 0. The van der Waals surface area contributed by atoms with Gasteiger partial charge in [-0.05, 0) is 11.0 Å². The van der Waals surface area contributed by atoms with Gasteiger partial charge in [0.2, 0.25) is 0 Å². The van der Waals surface area contributed by atoms with Gasteiger partial charge in [0, 0.05) is 0 Å². The predicted octanol–water partition coefficient (Wildman–Crippen LogP) is 3.10. The lowest BCUT2D eigenvalue weighted by Gasteiger charge is -2.33. The molecule has 0 spiro atoms. The van der Waals surface area contributed by atoms with Gasteiger partial charge in [-0.25, -0.2) is 4.79 Å². The summed E-state index contributed by atoms with van der Waals surface area (Å²) in [6.07, 6.45) is -1.07. The Morgan fingerprint density at radius 3 is 2.33 bits per heavy atom. The molecule has 0 radical (unpaired) electrons. The van der Waals surface area contributed by atoms with E-state index in [1.165, 1.54) is 4.90 Å². The molecular formula is C14H18N2O2. The standard InChI is InChI=1S/C14H18N2O2/c1-14(2,3)12(9-15)16(13(17)18)10-11-7-5-4-6-8-11/h4-8,12H,10H2,1-3H3,(H,17,18)/t12-/m1/s1. The Balaban J connectivity index is 2.97. The maximum absolute atomic E-state index is 11.3. The predicted molar refractivity (Wildman–Crippen MR) is 68.9 cm³/mol. The fourth-order valence-electron chi connectivity index (χ4n) is 1.78. The minimum absolute atomic E-state index is 0.228. The van der Waals surface area contributed by atoms with Gasteiger partial charge < -0.3 is 5.11 Å². The van der Waals surface area contributed by atoms with E-state index < -0.39 is 17.6 Å². The molecule has 0 saturated heterocycles. The molecule has 0 aliphatic carbocycles. The summed E-state index contributed by atoms with van der Waals surface area (Å²) in [6, 6.07) is 10.7. The zero-order chi connectivity index (χ0) is 13.8. The molecule has 1 atom stereocenters. The molecule has 0 aliphatic heterocycles. The number of nitrogens with zero attached hydrogens (tertiary/aromatic N) is 2. The molecule has 0 aromatic heterocycles. The number of benzene rings is 1. The van der Waals surface area contributed by atoms with Crippen LogP contribution in [0, 0.1) is 16.7 Å². The number of amides is 1. The van der Waals surface area contributed by atoms with Crippen molar-refractivity contribution >= 4 is 6.09 Å². The molecule has 1 N–H and O–H groups in total. The topological polar surface area (TPSA) is 64.3 Å². The first-order valence-corrected chi connectivity index (χ1v) is 5.79. The monoisotopic (exact) mass is 246 g/mol. The second-order valence-electron chi connectivity index (χ2n) is 5.29. The number of rotatable bonds is 3. The van der Waals surface area contributed by atoms with E-state index in [2.05, 4.69) is 6.07 Å². The molecule has 1 amide bonds. The molecule has 0 aliphatic rings. The average Bonchev–Trinajstić information content (AvgIpc) is 2.28. The fourth-order valence-corrected chi connectivity index (χ4v) is 1.78. The lowest BCUT2D eigenvalue weighted by molar-refractivity contribution is 0.100. The second kappa shape index (κ2) is 5.54. The minimum Gasteiger partial charge on any atom is -0.465 e. The van der Waals surface area contributed by atoms with Crippen LogP contribution in [0.2, 0.25) is 0 Å². The van der Waals surface area contributed by atoms with E-state index >= 15 is 0 Å². The molecule has 0 unspecified atom stereocenters. The van der Waals surface area contributed by atoms with Gasteiger partial charge >= 0.3 is 6.09 Å². The molecule has 1 rings (SSSR count). The molecule has 18 heavy (non-hydrogen) atoms. The van der Waals surface area contributed by atoms with E-state index in [0.717, 1.165) is 5.56 Å². The van der Waals surface area contributed by atoms with Gasteiger partial charge in [-0.3, -0.25) is 4.90 Å². The zero-order valence-electron chi connectivity index (χ0n) is 10.9. The molecule has 0 fully saturated rings. The number of hydrogen-bond acceptors (Lipinski definition) is 2. The Hall–Kier alpha value is -2.02. The van der Waals surface area contributed by atoms with Gasteiger partial charge in [-0.2, -0.15) is 5.26 Å². The normalized spacial score (nSPS) is 12.6. The van der Waals surface area contributed by atoms with Gasteiger partial charge in [0.25, 0.3) is 0 Å². The van der Waals surface area contributed by atoms with Crippen molar-refractivity contribution in [3.05, 3.63) is 35.9 Å². The third kappa shape index (κ3) is 3.49. The third-order valence-electron chi connectivity index (χ3n) is 2.70. The zero-order valence-corrected chi connectivity index (χ0v) is 10.9. The van der Waals surface area contributed by atoms with Crippen molar-refractivity contribution in [1.29, 1.82) is 5.26 Å². The van der Waals surface area contributed by atoms with E-state index in [1.807, 2.05) is 51.1 Å². The van der Waals surface area contributed by atoms with Gasteiger partial charge in [0.05, 0.1) is 12.6 Å². The van der Waals surface area contributed by atoms with Gasteiger partial charge in [0.1, 0.15) is 6.04 Å². The van der Waals surface area contributed by atoms with Crippen LogP contribution in [0.15, 0.2) is 30.3 Å². The van der Waals surface area contributed by atoms with Gasteiger partial charge in [-0.1, -0.05) is 51.1 Å². The van der Waals surface area contributed by atoms with Gasteiger partial charge in [-0.15, -0.1) is 0 Å².